The van der Waals surface area contributed by atoms with Gasteiger partial charge < -0.3 is 9.47 Å². The first-order chi connectivity index (χ1) is 12.1. The number of carbonyl (C=O) groups excluding carboxylic acids is 1. The van der Waals surface area contributed by atoms with E-state index in [1.165, 1.54) is 18.5 Å². The predicted octanol–water partition coefficient (Wildman–Crippen LogP) is 2.12. The number of Topliss-reactive ketones (excluding diaryl/α,β-unsaturated/α-hetero) is 1. The zero-order valence-corrected chi connectivity index (χ0v) is 14.9. The Morgan fingerprint density at radius 1 is 1.20 bits per heavy atom. The van der Waals surface area contributed by atoms with E-state index in [0.717, 1.165) is 37.7 Å². The minimum atomic E-state index is 0.131. The summed E-state index contributed by atoms with van der Waals surface area (Å²) in [7, 11) is 2.03. The average Bonchev–Trinajstić information content (AvgIpc) is 2.79. The van der Waals surface area contributed by atoms with Gasteiger partial charge in [0.1, 0.15) is 0 Å². The zero-order chi connectivity index (χ0) is 17.4. The summed E-state index contributed by atoms with van der Waals surface area (Å²) in [6, 6.07) is 4.42. The van der Waals surface area contributed by atoms with Crippen molar-refractivity contribution in [1.29, 1.82) is 0 Å². The molecule has 0 N–H and O–H groups in total. The lowest BCUT2D eigenvalue weighted by molar-refractivity contribution is 0.101. The van der Waals surface area contributed by atoms with Gasteiger partial charge in [-0.05, 0) is 37.8 Å². The van der Waals surface area contributed by atoms with Crippen LogP contribution in [0.4, 0.5) is 5.95 Å². The normalized spacial score (nSPS) is 23.7. The summed E-state index contributed by atoms with van der Waals surface area (Å²) < 4.78 is 2.09. The number of rotatable bonds is 4. The minimum absolute atomic E-state index is 0.131. The molecule has 5 rings (SSSR count). The van der Waals surface area contributed by atoms with Crippen molar-refractivity contribution in [3.8, 4) is 0 Å². The van der Waals surface area contributed by atoms with Crippen LogP contribution in [0.25, 0.3) is 0 Å². The minimum Gasteiger partial charge on any atom is -0.353 e. The number of piperidine rings is 1. The third-order valence-electron chi connectivity index (χ3n) is 5.54. The van der Waals surface area contributed by atoms with Gasteiger partial charge in [0.05, 0.1) is 0 Å². The SMILES string of the molecule is CC(=O)c1cc(CN2CC3CCC2CN(c2ncccn2)C3)n(C)c1. The number of aryl methyl sites for hydroxylation is 1. The second kappa shape index (κ2) is 6.59. The van der Waals surface area contributed by atoms with Crippen molar-refractivity contribution in [2.24, 2.45) is 13.0 Å². The van der Waals surface area contributed by atoms with Crippen molar-refractivity contribution in [2.75, 3.05) is 24.5 Å². The van der Waals surface area contributed by atoms with E-state index in [1.54, 1.807) is 6.92 Å². The van der Waals surface area contributed by atoms with Crippen LogP contribution in [0.15, 0.2) is 30.7 Å². The van der Waals surface area contributed by atoms with Gasteiger partial charge in [-0.15, -0.1) is 0 Å². The molecule has 0 spiro atoms. The highest BCUT2D eigenvalue weighted by Gasteiger charge is 2.35. The van der Waals surface area contributed by atoms with E-state index in [4.69, 9.17) is 0 Å². The van der Waals surface area contributed by atoms with Gasteiger partial charge in [-0.3, -0.25) is 9.69 Å². The molecule has 3 aliphatic rings. The molecule has 3 aliphatic heterocycles. The Balaban J connectivity index is 1.52. The Morgan fingerprint density at radius 3 is 2.72 bits per heavy atom. The van der Waals surface area contributed by atoms with Crippen LogP contribution >= 0.6 is 0 Å². The van der Waals surface area contributed by atoms with Crippen LogP contribution in [0, 0.1) is 5.92 Å². The third-order valence-corrected chi connectivity index (χ3v) is 5.54. The summed E-state index contributed by atoms with van der Waals surface area (Å²) in [5.41, 5.74) is 2.01. The maximum atomic E-state index is 11.6. The number of nitrogens with zero attached hydrogens (tertiary/aromatic N) is 5. The fourth-order valence-electron chi connectivity index (χ4n) is 4.16. The number of hydrogen-bond donors (Lipinski definition) is 0. The fourth-order valence-corrected chi connectivity index (χ4v) is 4.16. The van der Waals surface area contributed by atoms with Gasteiger partial charge in [0.25, 0.3) is 0 Å². The molecule has 2 bridgehead atoms. The molecule has 0 amide bonds. The molecular weight excluding hydrogens is 314 g/mol. The van der Waals surface area contributed by atoms with Gasteiger partial charge in [0.2, 0.25) is 5.95 Å². The maximum absolute atomic E-state index is 11.6. The standard InChI is InChI=1S/C19H25N5O/c1-14(25)16-8-18(22(2)11-16)13-23-9-15-4-5-17(23)12-24(10-15)19-20-6-3-7-21-19/h3,6-8,11,15,17H,4-5,9-10,12-13H2,1-2H3. The molecule has 132 valence electrons. The Morgan fingerprint density at radius 2 is 2.00 bits per heavy atom. The summed E-state index contributed by atoms with van der Waals surface area (Å²) in [4.78, 5) is 25.4. The van der Waals surface area contributed by atoms with E-state index in [1.807, 2.05) is 37.8 Å². The van der Waals surface area contributed by atoms with Crippen LogP contribution in [0.2, 0.25) is 0 Å². The van der Waals surface area contributed by atoms with Crippen molar-refractivity contribution in [3.05, 3.63) is 42.0 Å². The number of fused-ring (bicyclic) bond motifs is 4. The van der Waals surface area contributed by atoms with Crippen LogP contribution < -0.4 is 4.90 Å². The molecule has 2 aromatic rings. The molecule has 0 aromatic carbocycles. The van der Waals surface area contributed by atoms with Crippen LogP contribution in [0.3, 0.4) is 0 Å². The first kappa shape index (κ1) is 16.3. The zero-order valence-electron chi connectivity index (χ0n) is 14.9. The van der Waals surface area contributed by atoms with Crippen LogP contribution in [-0.2, 0) is 13.6 Å². The van der Waals surface area contributed by atoms with Gasteiger partial charge in [0.15, 0.2) is 5.78 Å². The maximum Gasteiger partial charge on any atom is 0.225 e. The number of hydrogen-bond acceptors (Lipinski definition) is 5. The highest BCUT2D eigenvalue weighted by molar-refractivity contribution is 5.94. The summed E-state index contributed by atoms with van der Waals surface area (Å²) in [5, 5.41) is 0. The summed E-state index contributed by atoms with van der Waals surface area (Å²) in [5.74, 6) is 1.63. The summed E-state index contributed by atoms with van der Waals surface area (Å²) in [6.07, 6.45) is 8.08. The van der Waals surface area contributed by atoms with E-state index < -0.39 is 0 Å². The third kappa shape index (κ3) is 3.31. The lowest BCUT2D eigenvalue weighted by Gasteiger charge is -2.36. The van der Waals surface area contributed by atoms with Crippen LogP contribution in [0.1, 0.15) is 35.8 Å². The predicted molar refractivity (Wildman–Crippen MR) is 96.6 cm³/mol. The molecular formula is C19H25N5O. The molecule has 25 heavy (non-hydrogen) atoms. The molecule has 6 heteroatoms. The highest BCUT2D eigenvalue weighted by Crippen LogP contribution is 2.30. The first-order valence-electron chi connectivity index (χ1n) is 9.02. The average molecular weight is 339 g/mol. The van der Waals surface area contributed by atoms with Gasteiger partial charge >= 0.3 is 0 Å². The molecule has 5 heterocycles. The number of ketones is 1. The number of aromatic nitrogens is 3. The largest absolute Gasteiger partial charge is 0.353 e. The summed E-state index contributed by atoms with van der Waals surface area (Å²) in [6.45, 7) is 5.64. The van der Waals surface area contributed by atoms with Gasteiger partial charge in [-0.2, -0.15) is 0 Å². The van der Waals surface area contributed by atoms with E-state index in [0.29, 0.717) is 12.0 Å². The van der Waals surface area contributed by atoms with Gasteiger partial charge in [0, 0.05) is 69.1 Å². The van der Waals surface area contributed by atoms with Crippen molar-refractivity contribution in [2.45, 2.75) is 32.4 Å². The van der Waals surface area contributed by atoms with Crippen molar-refractivity contribution in [1.82, 2.24) is 19.4 Å². The van der Waals surface area contributed by atoms with E-state index >= 15 is 0 Å². The van der Waals surface area contributed by atoms with Crippen molar-refractivity contribution in [3.63, 3.8) is 0 Å². The molecule has 0 aliphatic carbocycles. The van der Waals surface area contributed by atoms with Crippen molar-refractivity contribution >= 4 is 11.7 Å². The second-order valence-corrected chi connectivity index (χ2v) is 7.37. The monoisotopic (exact) mass is 339 g/mol. The summed E-state index contributed by atoms with van der Waals surface area (Å²) >= 11 is 0. The Bertz CT molecular complexity index is 756. The fraction of sp³-hybridized carbons (Fsp3) is 0.526. The molecule has 0 saturated carbocycles. The molecule has 2 atom stereocenters. The van der Waals surface area contributed by atoms with E-state index in [-0.39, 0.29) is 5.78 Å². The number of anilines is 1. The number of carbonyl (C=O) groups is 1. The smallest absolute Gasteiger partial charge is 0.225 e. The quantitative estimate of drug-likeness (QED) is 0.799. The first-order valence-corrected chi connectivity index (χ1v) is 9.02. The molecule has 6 nitrogen and oxygen atoms in total. The van der Waals surface area contributed by atoms with Gasteiger partial charge in [-0.25, -0.2) is 9.97 Å². The molecule has 3 saturated heterocycles. The second-order valence-electron chi connectivity index (χ2n) is 7.37. The van der Waals surface area contributed by atoms with E-state index in [9.17, 15) is 4.79 Å². The molecule has 2 unspecified atom stereocenters. The van der Waals surface area contributed by atoms with Gasteiger partial charge in [-0.1, -0.05) is 0 Å². The lowest BCUT2D eigenvalue weighted by atomic mass is 9.95. The molecule has 3 fully saturated rings. The Kier molecular flexibility index (Phi) is 4.29. The van der Waals surface area contributed by atoms with Crippen LogP contribution in [-0.4, -0.2) is 50.9 Å². The molecule has 2 aromatic heterocycles. The van der Waals surface area contributed by atoms with Crippen LogP contribution in [0.5, 0.6) is 0 Å². The lowest BCUT2D eigenvalue weighted by Crippen LogP contribution is -2.43. The Hall–Kier alpha value is -2.21. The molecule has 0 radical (unpaired) electrons. The highest BCUT2D eigenvalue weighted by atomic mass is 16.1. The topological polar surface area (TPSA) is 54.3 Å². The van der Waals surface area contributed by atoms with E-state index in [2.05, 4.69) is 24.3 Å². The van der Waals surface area contributed by atoms with Crippen molar-refractivity contribution < 1.29 is 4.79 Å². The Labute approximate surface area is 148 Å².